The zero-order valence-corrected chi connectivity index (χ0v) is 13.9. The molecule has 0 saturated carbocycles. The lowest BCUT2D eigenvalue weighted by molar-refractivity contribution is 0.373. The van der Waals surface area contributed by atoms with Gasteiger partial charge in [-0.2, -0.15) is 10.2 Å². The van der Waals surface area contributed by atoms with Crippen LogP contribution < -0.4 is 15.7 Å². The molecule has 0 aliphatic carbocycles. The van der Waals surface area contributed by atoms with E-state index in [4.69, 9.17) is 4.74 Å². The van der Waals surface area contributed by atoms with Gasteiger partial charge in [0.05, 0.1) is 25.2 Å². The Bertz CT molecular complexity index is 746. The highest BCUT2D eigenvalue weighted by Crippen LogP contribution is 2.32. The minimum Gasteiger partial charge on any atom is -0.504 e. The Morgan fingerprint density at radius 1 is 1.48 bits per heavy atom. The third-order valence-corrected chi connectivity index (χ3v) is 3.72. The summed E-state index contributed by atoms with van der Waals surface area (Å²) in [5.74, 6) is 0.291. The molecule has 21 heavy (non-hydrogen) atoms. The number of hydrogen-bond acceptors (Lipinski definition) is 6. The molecule has 3 N–H and O–H groups in total. The molecule has 1 aromatic carbocycles. The Hall–Kier alpha value is -1.87. The lowest BCUT2D eigenvalue weighted by atomic mass is 10.2. The van der Waals surface area contributed by atoms with Gasteiger partial charge < -0.3 is 9.84 Å². The van der Waals surface area contributed by atoms with E-state index in [0.29, 0.717) is 17.0 Å². The predicted octanol–water partition coefficient (Wildman–Crippen LogP) is 2.46. The quantitative estimate of drug-likeness (QED) is 0.524. The summed E-state index contributed by atoms with van der Waals surface area (Å²) in [4.78, 5) is 11.3. The molecule has 0 aliphatic heterocycles. The summed E-state index contributed by atoms with van der Waals surface area (Å²) < 4.78 is 6.06. The van der Waals surface area contributed by atoms with E-state index in [-0.39, 0.29) is 15.8 Å². The number of anilines is 1. The molecule has 0 bridgehead atoms. The van der Waals surface area contributed by atoms with Crippen molar-refractivity contribution >= 4 is 43.8 Å². The number of rotatable bonds is 4. The van der Waals surface area contributed by atoms with Crippen molar-refractivity contribution in [3.8, 4) is 11.5 Å². The molecular weight excluding hydrogens is 408 g/mol. The van der Waals surface area contributed by atoms with E-state index < -0.39 is 0 Å². The van der Waals surface area contributed by atoms with Gasteiger partial charge in [0.2, 0.25) is 0 Å². The first-order valence-electron chi connectivity index (χ1n) is 5.61. The van der Waals surface area contributed by atoms with E-state index in [1.807, 2.05) is 0 Å². The number of halogens is 2. The Labute approximate surface area is 136 Å². The van der Waals surface area contributed by atoms with Gasteiger partial charge >= 0.3 is 0 Å². The fourth-order valence-corrected chi connectivity index (χ4v) is 2.22. The van der Waals surface area contributed by atoms with E-state index >= 15 is 0 Å². The highest BCUT2D eigenvalue weighted by Gasteiger charge is 2.08. The zero-order valence-electron chi connectivity index (χ0n) is 10.7. The average Bonchev–Trinajstić information content (AvgIpc) is 2.46. The second-order valence-electron chi connectivity index (χ2n) is 3.84. The lowest BCUT2D eigenvalue weighted by Crippen LogP contribution is -2.10. The maximum Gasteiger partial charge on any atom is 0.280 e. The standard InChI is InChI=1S/C12H10Br2N4O3/c1-21-9-3-7(13)2-6(11(9)19)4-15-17-8-5-16-18-12(20)10(8)14/h2-5,19H,1H3,(H2,17,18,20)/b15-4-. The van der Waals surface area contributed by atoms with Gasteiger partial charge in [-0.3, -0.25) is 10.2 Å². The zero-order chi connectivity index (χ0) is 15.4. The first kappa shape index (κ1) is 15.5. The van der Waals surface area contributed by atoms with E-state index in [0.717, 1.165) is 4.47 Å². The van der Waals surface area contributed by atoms with Gasteiger partial charge in [0.1, 0.15) is 4.47 Å². The molecule has 110 valence electrons. The highest BCUT2D eigenvalue weighted by molar-refractivity contribution is 9.10. The maximum atomic E-state index is 11.3. The summed E-state index contributed by atoms with van der Waals surface area (Å²) in [6.07, 6.45) is 2.81. The van der Waals surface area contributed by atoms with Crippen molar-refractivity contribution in [3.63, 3.8) is 0 Å². The predicted molar refractivity (Wildman–Crippen MR) is 86.1 cm³/mol. The SMILES string of the molecule is COc1cc(Br)cc(/C=N\Nc2cn[nH]c(=O)c2Br)c1O. The molecule has 1 aromatic heterocycles. The van der Waals surface area contributed by atoms with E-state index in [9.17, 15) is 9.90 Å². The molecular formula is C12H10Br2N4O3. The number of phenols is 1. The molecule has 0 unspecified atom stereocenters. The summed E-state index contributed by atoms with van der Waals surface area (Å²) >= 11 is 6.43. The Morgan fingerprint density at radius 2 is 2.24 bits per heavy atom. The van der Waals surface area contributed by atoms with Crippen LogP contribution in [0.5, 0.6) is 11.5 Å². The molecule has 0 amide bonds. The van der Waals surface area contributed by atoms with E-state index in [2.05, 4.69) is 52.6 Å². The first-order chi connectivity index (χ1) is 10.0. The highest BCUT2D eigenvalue weighted by atomic mass is 79.9. The molecule has 0 spiro atoms. The van der Waals surface area contributed by atoms with Crippen molar-refractivity contribution in [1.82, 2.24) is 10.2 Å². The normalized spacial score (nSPS) is 10.8. The fourth-order valence-electron chi connectivity index (χ4n) is 1.48. The van der Waals surface area contributed by atoms with Crippen molar-refractivity contribution in [2.75, 3.05) is 12.5 Å². The van der Waals surface area contributed by atoms with Crippen molar-refractivity contribution in [1.29, 1.82) is 0 Å². The third-order valence-electron chi connectivity index (χ3n) is 2.47. The second kappa shape index (κ2) is 6.72. The lowest BCUT2D eigenvalue weighted by Gasteiger charge is -2.07. The van der Waals surface area contributed by atoms with Crippen LogP contribution in [-0.4, -0.2) is 28.6 Å². The van der Waals surface area contributed by atoms with Gasteiger partial charge in [-0.15, -0.1) is 0 Å². The number of hydrogen-bond donors (Lipinski definition) is 3. The van der Waals surface area contributed by atoms with Crippen LogP contribution in [0.15, 0.2) is 37.2 Å². The number of benzene rings is 1. The molecule has 1 heterocycles. The summed E-state index contributed by atoms with van der Waals surface area (Å²) in [7, 11) is 1.46. The smallest absolute Gasteiger partial charge is 0.280 e. The Balaban J connectivity index is 2.24. The van der Waals surface area contributed by atoms with Gasteiger partial charge in [-0.05, 0) is 28.1 Å². The number of aromatic amines is 1. The summed E-state index contributed by atoms with van der Waals surface area (Å²) in [5, 5.41) is 19.8. The van der Waals surface area contributed by atoms with Crippen LogP contribution in [0, 0.1) is 0 Å². The molecule has 0 radical (unpaired) electrons. The fraction of sp³-hybridized carbons (Fsp3) is 0.0833. The molecule has 0 fully saturated rings. The first-order valence-corrected chi connectivity index (χ1v) is 7.20. The molecule has 0 atom stereocenters. The van der Waals surface area contributed by atoms with Crippen molar-refractivity contribution in [2.24, 2.45) is 5.10 Å². The summed E-state index contributed by atoms with van der Waals surface area (Å²) in [5.41, 5.74) is 3.13. The second-order valence-corrected chi connectivity index (χ2v) is 5.55. The van der Waals surface area contributed by atoms with Gasteiger partial charge in [-0.25, -0.2) is 5.10 Å². The number of nitrogens with zero attached hydrogens (tertiary/aromatic N) is 2. The van der Waals surface area contributed by atoms with Crippen molar-refractivity contribution < 1.29 is 9.84 Å². The van der Waals surface area contributed by atoms with Crippen molar-refractivity contribution in [3.05, 3.63) is 43.2 Å². The van der Waals surface area contributed by atoms with E-state index in [1.165, 1.54) is 19.5 Å². The van der Waals surface area contributed by atoms with Crippen LogP contribution in [0.2, 0.25) is 0 Å². The van der Waals surface area contributed by atoms with Gasteiger partial charge in [0.15, 0.2) is 11.5 Å². The van der Waals surface area contributed by atoms with Gasteiger partial charge in [0.25, 0.3) is 5.56 Å². The Kier molecular flexibility index (Phi) is 4.97. The number of H-pyrrole nitrogens is 1. The average molecular weight is 418 g/mol. The molecule has 0 aliphatic rings. The minimum absolute atomic E-state index is 0.0330. The number of hydrazone groups is 1. The van der Waals surface area contributed by atoms with Crippen molar-refractivity contribution in [2.45, 2.75) is 0 Å². The minimum atomic E-state index is -0.373. The number of ether oxygens (including phenoxy) is 1. The molecule has 2 rings (SSSR count). The van der Waals surface area contributed by atoms with Crippen LogP contribution in [0.25, 0.3) is 0 Å². The number of methoxy groups -OCH3 is 1. The number of aromatic nitrogens is 2. The summed E-state index contributed by atoms with van der Waals surface area (Å²) in [6, 6.07) is 3.31. The van der Waals surface area contributed by atoms with Gasteiger partial charge in [-0.1, -0.05) is 15.9 Å². The number of aromatic hydroxyl groups is 1. The topological polar surface area (TPSA) is 99.6 Å². The number of nitrogens with one attached hydrogen (secondary N) is 2. The van der Waals surface area contributed by atoms with Crippen LogP contribution >= 0.6 is 31.9 Å². The largest absolute Gasteiger partial charge is 0.504 e. The molecule has 7 nitrogen and oxygen atoms in total. The molecule has 2 aromatic rings. The maximum absolute atomic E-state index is 11.3. The van der Waals surface area contributed by atoms with Crippen LogP contribution in [-0.2, 0) is 0 Å². The Morgan fingerprint density at radius 3 is 2.95 bits per heavy atom. The monoisotopic (exact) mass is 416 g/mol. The van der Waals surface area contributed by atoms with E-state index in [1.54, 1.807) is 12.1 Å². The van der Waals surface area contributed by atoms with Crippen LogP contribution in [0.4, 0.5) is 5.69 Å². The van der Waals surface area contributed by atoms with Crippen LogP contribution in [0.3, 0.4) is 0 Å². The summed E-state index contributed by atoms with van der Waals surface area (Å²) in [6.45, 7) is 0. The van der Waals surface area contributed by atoms with Crippen LogP contribution in [0.1, 0.15) is 5.56 Å². The van der Waals surface area contributed by atoms with Gasteiger partial charge in [0, 0.05) is 10.0 Å². The third kappa shape index (κ3) is 3.61. The number of phenolic OH excluding ortho intramolecular Hbond substituents is 1. The molecule has 9 heteroatoms. The molecule has 0 saturated heterocycles.